The Bertz CT molecular complexity index is 675. The monoisotopic (exact) mass is 275 g/mol. The van der Waals surface area contributed by atoms with Crippen LogP contribution in [0.3, 0.4) is 0 Å². The van der Waals surface area contributed by atoms with Crippen LogP contribution < -0.4 is 10.9 Å². The van der Waals surface area contributed by atoms with E-state index in [1.807, 2.05) is 20.8 Å². The molecule has 0 atom stereocenters. The van der Waals surface area contributed by atoms with Gasteiger partial charge >= 0.3 is 0 Å². The molecule has 0 saturated heterocycles. The van der Waals surface area contributed by atoms with Gasteiger partial charge in [0.1, 0.15) is 5.39 Å². The maximum atomic E-state index is 12.1. The highest BCUT2D eigenvalue weighted by Crippen LogP contribution is 2.32. The van der Waals surface area contributed by atoms with Crippen molar-refractivity contribution in [3.63, 3.8) is 0 Å². The zero-order valence-corrected chi connectivity index (χ0v) is 12.2. The minimum Gasteiger partial charge on any atom is -0.356 e. The average Bonchev–Trinajstić information content (AvgIpc) is 3.04. The largest absolute Gasteiger partial charge is 0.356 e. The van der Waals surface area contributed by atoms with Crippen LogP contribution in [0.25, 0.3) is 11.0 Å². The summed E-state index contributed by atoms with van der Waals surface area (Å²) in [5, 5.41) is 8.04. The molecule has 0 bridgehead atoms. The summed E-state index contributed by atoms with van der Waals surface area (Å²) >= 11 is 0. The minimum absolute atomic E-state index is 0.139. The van der Waals surface area contributed by atoms with Crippen molar-refractivity contribution in [1.29, 1.82) is 0 Å². The van der Waals surface area contributed by atoms with Crippen molar-refractivity contribution in [3.8, 4) is 0 Å². The highest BCUT2D eigenvalue weighted by Gasteiger charge is 2.21. The van der Waals surface area contributed by atoms with Gasteiger partial charge < -0.3 is 5.32 Å². The molecule has 2 N–H and O–H groups in total. The summed E-state index contributed by atoms with van der Waals surface area (Å²) in [7, 11) is 0. The molecular formula is C14H21N5O. The molecule has 1 aliphatic rings. The Morgan fingerprint density at radius 1 is 1.45 bits per heavy atom. The van der Waals surface area contributed by atoms with Gasteiger partial charge in [0.05, 0.1) is 11.7 Å². The maximum Gasteiger partial charge on any atom is 0.263 e. The first-order valence-electron chi connectivity index (χ1n) is 7.17. The van der Waals surface area contributed by atoms with Gasteiger partial charge in [0.15, 0.2) is 5.65 Å². The third-order valence-electron chi connectivity index (χ3n) is 3.62. The molecule has 0 aliphatic heterocycles. The van der Waals surface area contributed by atoms with Crippen LogP contribution in [0.15, 0.2) is 11.0 Å². The van der Waals surface area contributed by atoms with Crippen LogP contribution in [0.2, 0.25) is 0 Å². The van der Waals surface area contributed by atoms with Gasteiger partial charge in [0.25, 0.3) is 5.56 Å². The van der Waals surface area contributed by atoms with E-state index in [-0.39, 0.29) is 11.1 Å². The van der Waals surface area contributed by atoms with Crippen LogP contribution in [-0.4, -0.2) is 26.3 Å². The van der Waals surface area contributed by atoms with Gasteiger partial charge in [-0.15, -0.1) is 0 Å². The predicted molar refractivity (Wildman–Crippen MR) is 79.0 cm³/mol. The van der Waals surface area contributed by atoms with Crippen LogP contribution in [0, 0.1) is 5.92 Å². The standard InChI is InChI=1S/C14H21N5O/c1-14(2,3)19-11-10(8-16-19)12(20)18-13(17-11)15-7-6-9-4-5-9/h8-9H,4-7H2,1-3H3,(H2,15,17,18,20). The number of hydrogen-bond acceptors (Lipinski definition) is 4. The first kappa shape index (κ1) is 13.1. The van der Waals surface area contributed by atoms with Crippen LogP contribution in [0.4, 0.5) is 5.95 Å². The summed E-state index contributed by atoms with van der Waals surface area (Å²) in [6, 6.07) is 0. The van der Waals surface area contributed by atoms with E-state index in [4.69, 9.17) is 0 Å². The lowest BCUT2D eigenvalue weighted by atomic mass is 10.1. The van der Waals surface area contributed by atoms with Gasteiger partial charge in [-0.25, -0.2) is 4.68 Å². The number of fused-ring (bicyclic) bond motifs is 1. The van der Waals surface area contributed by atoms with Crippen molar-refractivity contribution in [3.05, 3.63) is 16.6 Å². The van der Waals surface area contributed by atoms with Crippen LogP contribution >= 0.6 is 0 Å². The Morgan fingerprint density at radius 2 is 2.20 bits per heavy atom. The first-order valence-corrected chi connectivity index (χ1v) is 7.17. The van der Waals surface area contributed by atoms with Crippen molar-refractivity contribution in [2.24, 2.45) is 5.92 Å². The number of H-pyrrole nitrogens is 1. The van der Waals surface area contributed by atoms with E-state index < -0.39 is 0 Å². The van der Waals surface area contributed by atoms with Gasteiger partial charge in [0, 0.05) is 6.54 Å². The average molecular weight is 275 g/mol. The molecular weight excluding hydrogens is 254 g/mol. The van der Waals surface area contributed by atoms with E-state index >= 15 is 0 Å². The van der Waals surface area contributed by atoms with Crippen molar-refractivity contribution in [2.45, 2.75) is 45.6 Å². The Morgan fingerprint density at radius 3 is 2.85 bits per heavy atom. The molecule has 0 unspecified atom stereocenters. The Balaban J connectivity index is 1.91. The summed E-state index contributed by atoms with van der Waals surface area (Å²) in [4.78, 5) is 19.4. The van der Waals surface area contributed by atoms with E-state index in [1.54, 1.807) is 10.9 Å². The summed E-state index contributed by atoms with van der Waals surface area (Å²) < 4.78 is 1.80. The van der Waals surface area contributed by atoms with Crippen LogP contribution in [-0.2, 0) is 5.54 Å². The second kappa shape index (κ2) is 4.61. The number of rotatable bonds is 4. The lowest BCUT2D eigenvalue weighted by molar-refractivity contribution is 0.366. The Labute approximate surface area is 117 Å². The zero-order valence-electron chi connectivity index (χ0n) is 12.2. The predicted octanol–water partition coefficient (Wildman–Crippen LogP) is 2.09. The fourth-order valence-electron chi connectivity index (χ4n) is 2.29. The molecule has 1 saturated carbocycles. The lowest BCUT2D eigenvalue weighted by Gasteiger charge is -2.19. The summed E-state index contributed by atoms with van der Waals surface area (Å²) in [6.45, 7) is 6.98. The summed E-state index contributed by atoms with van der Waals surface area (Å²) in [5.74, 6) is 1.40. The van der Waals surface area contributed by atoms with E-state index in [0.29, 0.717) is 17.0 Å². The van der Waals surface area contributed by atoms with Crippen LogP contribution in [0.5, 0.6) is 0 Å². The molecule has 1 aliphatic carbocycles. The number of nitrogens with zero attached hydrogens (tertiary/aromatic N) is 3. The fraction of sp³-hybridized carbons (Fsp3) is 0.643. The number of hydrogen-bond donors (Lipinski definition) is 2. The molecule has 108 valence electrons. The van der Waals surface area contributed by atoms with E-state index in [9.17, 15) is 4.79 Å². The molecule has 1 fully saturated rings. The number of nitrogens with one attached hydrogen (secondary N) is 2. The molecule has 0 aromatic carbocycles. The van der Waals surface area contributed by atoms with Crippen molar-refractivity contribution < 1.29 is 0 Å². The summed E-state index contributed by atoms with van der Waals surface area (Å²) in [6.07, 6.45) is 5.39. The smallest absolute Gasteiger partial charge is 0.263 e. The second-order valence-corrected chi connectivity index (χ2v) is 6.54. The Hall–Kier alpha value is -1.85. The number of aromatic nitrogens is 4. The highest BCUT2D eigenvalue weighted by atomic mass is 16.1. The van der Waals surface area contributed by atoms with E-state index in [1.165, 1.54) is 12.8 Å². The minimum atomic E-state index is -0.201. The molecule has 6 nitrogen and oxygen atoms in total. The molecule has 6 heteroatoms. The highest BCUT2D eigenvalue weighted by molar-refractivity contribution is 5.74. The molecule has 2 aromatic rings. The van der Waals surface area contributed by atoms with Crippen molar-refractivity contribution >= 4 is 17.0 Å². The quantitative estimate of drug-likeness (QED) is 0.896. The van der Waals surface area contributed by atoms with Gasteiger partial charge in [0.2, 0.25) is 5.95 Å². The topological polar surface area (TPSA) is 75.6 Å². The third-order valence-corrected chi connectivity index (χ3v) is 3.62. The molecule has 2 heterocycles. The van der Waals surface area contributed by atoms with E-state index in [0.717, 1.165) is 18.9 Å². The van der Waals surface area contributed by atoms with Gasteiger partial charge in [-0.3, -0.25) is 9.78 Å². The molecule has 20 heavy (non-hydrogen) atoms. The SMILES string of the molecule is CC(C)(C)n1ncc2c(=O)[nH]c(NCCC3CC3)nc21. The Kier molecular flexibility index (Phi) is 3.03. The molecule has 3 rings (SSSR count). The second-order valence-electron chi connectivity index (χ2n) is 6.54. The van der Waals surface area contributed by atoms with E-state index in [2.05, 4.69) is 20.4 Å². The van der Waals surface area contributed by atoms with Crippen molar-refractivity contribution in [2.75, 3.05) is 11.9 Å². The number of aromatic amines is 1. The van der Waals surface area contributed by atoms with Gasteiger partial charge in [-0.05, 0) is 33.1 Å². The van der Waals surface area contributed by atoms with Crippen molar-refractivity contribution in [1.82, 2.24) is 19.7 Å². The normalized spacial score (nSPS) is 15.8. The fourth-order valence-corrected chi connectivity index (χ4v) is 2.29. The molecule has 0 spiro atoms. The summed E-state index contributed by atoms with van der Waals surface area (Å²) in [5.41, 5.74) is 0.294. The van der Waals surface area contributed by atoms with Crippen LogP contribution in [0.1, 0.15) is 40.0 Å². The molecule has 0 radical (unpaired) electrons. The zero-order chi connectivity index (χ0) is 14.3. The first-order chi connectivity index (χ1) is 9.45. The number of anilines is 1. The van der Waals surface area contributed by atoms with Gasteiger partial charge in [-0.1, -0.05) is 12.8 Å². The maximum absolute atomic E-state index is 12.1. The third kappa shape index (κ3) is 2.55. The van der Waals surface area contributed by atoms with Gasteiger partial charge in [-0.2, -0.15) is 10.1 Å². The lowest BCUT2D eigenvalue weighted by Crippen LogP contribution is -2.24. The molecule has 0 amide bonds. The molecule has 2 aromatic heterocycles.